The molecule has 0 aliphatic heterocycles. The molecule has 0 radical (unpaired) electrons. The standard InChI is InChI=1S/C42H25NO2S/c1-2-9-28(10-3-1)43(35-13-8-15-39-42(35)31-12-4-6-14-36(31)45-39)29-19-21-38-33(25-29)32-23-26(17-20-37(32)44-38)27-18-22-41-34(24-27)30-11-5-7-16-40(30)46-41/h1-25H. The first-order valence-corrected chi connectivity index (χ1v) is 16.2. The van der Waals surface area contributed by atoms with Gasteiger partial charge in [0.2, 0.25) is 0 Å². The molecule has 0 aliphatic carbocycles. The van der Waals surface area contributed by atoms with Crippen LogP contribution in [0.2, 0.25) is 0 Å². The Labute approximate surface area is 268 Å². The topological polar surface area (TPSA) is 29.5 Å². The molecule has 0 bridgehead atoms. The molecule has 3 aromatic heterocycles. The summed E-state index contributed by atoms with van der Waals surface area (Å²) in [5.74, 6) is 0. The summed E-state index contributed by atoms with van der Waals surface area (Å²) in [5.41, 5.74) is 9.07. The maximum Gasteiger partial charge on any atom is 0.137 e. The highest BCUT2D eigenvalue weighted by molar-refractivity contribution is 7.25. The average molecular weight is 608 g/mol. The highest BCUT2D eigenvalue weighted by Crippen LogP contribution is 2.44. The van der Waals surface area contributed by atoms with E-state index in [4.69, 9.17) is 8.83 Å². The Kier molecular flexibility index (Phi) is 5.45. The molecular weight excluding hydrogens is 583 g/mol. The molecule has 0 spiro atoms. The van der Waals surface area contributed by atoms with E-state index in [2.05, 4.69) is 138 Å². The predicted octanol–water partition coefficient (Wildman–Crippen LogP) is 13.0. The first-order valence-electron chi connectivity index (χ1n) is 15.4. The Morgan fingerprint density at radius 1 is 0.391 bits per heavy atom. The molecule has 0 amide bonds. The van der Waals surface area contributed by atoms with Crippen LogP contribution in [-0.4, -0.2) is 0 Å². The van der Waals surface area contributed by atoms with E-state index in [1.807, 2.05) is 29.5 Å². The van der Waals surface area contributed by atoms with Crippen molar-refractivity contribution in [2.24, 2.45) is 0 Å². The quantitative estimate of drug-likeness (QED) is 0.199. The highest BCUT2D eigenvalue weighted by atomic mass is 32.1. The highest BCUT2D eigenvalue weighted by Gasteiger charge is 2.20. The second-order valence-electron chi connectivity index (χ2n) is 11.7. The minimum Gasteiger partial charge on any atom is -0.456 e. The second-order valence-corrected chi connectivity index (χ2v) is 12.8. The number of para-hydroxylation sites is 2. The monoisotopic (exact) mass is 607 g/mol. The van der Waals surface area contributed by atoms with Gasteiger partial charge < -0.3 is 13.7 Å². The van der Waals surface area contributed by atoms with Crippen LogP contribution in [0.4, 0.5) is 17.1 Å². The fraction of sp³-hybridized carbons (Fsp3) is 0. The van der Waals surface area contributed by atoms with Gasteiger partial charge in [0, 0.05) is 47.7 Å². The van der Waals surface area contributed by atoms with Crippen molar-refractivity contribution in [3.63, 3.8) is 0 Å². The van der Waals surface area contributed by atoms with E-state index in [-0.39, 0.29) is 0 Å². The van der Waals surface area contributed by atoms with Crippen LogP contribution in [0, 0.1) is 0 Å². The van der Waals surface area contributed by atoms with Crippen molar-refractivity contribution in [2.45, 2.75) is 0 Å². The van der Waals surface area contributed by atoms with Crippen LogP contribution in [0.5, 0.6) is 0 Å². The van der Waals surface area contributed by atoms with Gasteiger partial charge in [-0.3, -0.25) is 0 Å². The largest absolute Gasteiger partial charge is 0.456 e. The van der Waals surface area contributed by atoms with Crippen molar-refractivity contribution >= 4 is 92.4 Å². The Morgan fingerprint density at radius 3 is 1.91 bits per heavy atom. The summed E-state index contributed by atoms with van der Waals surface area (Å²) in [7, 11) is 0. The molecule has 0 fully saturated rings. The molecule has 0 saturated carbocycles. The molecular formula is C42H25NO2S. The van der Waals surface area contributed by atoms with Gasteiger partial charge in [-0.25, -0.2) is 0 Å². The summed E-state index contributed by atoms with van der Waals surface area (Å²) in [6.45, 7) is 0. The van der Waals surface area contributed by atoms with Gasteiger partial charge in [-0.15, -0.1) is 11.3 Å². The van der Waals surface area contributed by atoms with Crippen molar-refractivity contribution in [1.29, 1.82) is 0 Å². The molecule has 10 rings (SSSR count). The van der Waals surface area contributed by atoms with Gasteiger partial charge in [-0.1, -0.05) is 72.8 Å². The van der Waals surface area contributed by atoms with Gasteiger partial charge in [0.1, 0.15) is 22.3 Å². The molecule has 3 nitrogen and oxygen atoms in total. The first-order chi connectivity index (χ1) is 22.8. The van der Waals surface area contributed by atoms with E-state index in [0.717, 1.165) is 60.9 Å². The van der Waals surface area contributed by atoms with Crippen molar-refractivity contribution in [1.82, 2.24) is 0 Å². The van der Waals surface area contributed by atoms with E-state index in [9.17, 15) is 0 Å². The summed E-state index contributed by atoms with van der Waals surface area (Å²) in [5, 5.41) is 7.00. The smallest absolute Gasteiger partial charge is 0.137 e. The normalized spacial score (nSPS) is 11.9. The third-order valence-corrected chi connectivity index (χ3v) is 10.2. The summed E-state index contributed by atoms with van der Waals surface area (Å²) in [4.78, 5) is 2.32. The van der Waals surface area contributed by atoms with Gasteiger partial charge in [0.15, 0.2) is 0 Å². The van der Waals surface area contributed by atoms with Gasteiger partial charge in [-0.2, -0.15) is 0 Å². The van der Waals surface area contributed by atoms with E-state index < -0.39 is 0 Å². The third-order valence-electron chi connectivity index (χ3n) is 9.06. The number of hydrogen-bond donors (Lipinski definition) is 0. The van der Waals surface area contributed by atoms with E-state index >= 15 is 0 Å². The molecule has 0 atom stereocenters. The lowest BCUT2D eigenvalue weighted by molar-refractivity contribution is 0.668. The lowest BCUT2D eigenvalue weighted by Gasteiger charge is -2.26. The maximum atomic E-state index is 6.39. The third kappa shape index (κ3) is 3.84. The SMILES string of the molecule is c1ccc(N(c2ccc3oc4ccc(-c5ccc6sc7ccccc7c6c5)cc4c3c2)c2cccc3oc4ccccc4c23)cc1. The Morgan fingerprint density at radius 2 is 1.02 bits per heavy atom. The van der Waals surface area contributed by atoms with Crippen molar-refractivity contribution < 1.29 is 8.83 Å². The number of nitrogens with zero attached hydrogens (tertiary/aromatic N) is 1. The van der Waals surface area contributed by atoms with Crippen LogP contribution in [0.1, 0.15) is 0 Å². The minimum absolute atomic E-state index is 0.870. The summed E-state index contributed by atoms with van der Waals surface area (Å²) in [6, 6.07) is 53.6. The van der Waals surface area contributed by atoms with Gasteiger partial charge >= 0.3 is 0 Å². The predicted molar refractivity (Wildman–Crippen MR) is 194 cm³/mol. The molecule has 4 heteroatoms. The second kappa shape index (κ2) is 9.83. The van der Waals surface area contributed by atoms with E-state index in [1.165, 1.54) is 31.3 Å². The molecule has 10 aromatic rings. The Hall–Kier alpha value is -5.84. The minimum atomic E-state index is 0.870. The molecule has 0 saturated heterocycles. The van der Waals surface area contributed by atoms with Crippen molar-refractivity contribution in [3.05, 3.63) is 152 Å². The number of rotatable bonds is 4. The zero-order valence-corrected chi connectivity index (χ0v) is 25.4. The molecule has 3 heterocycles. The molecule has 0 aliphatic rings. The lowest BCUT2D eigenvalue weighted by atomic mass is 10.0. The number of furan rings is 2. The Balaban J connectivity index is 1.17. The maximum absolute atomic E-state index is 6.39. The van der Waals surface area contributed by atoms with Crippen LogP contribution in [0.3, 0.4) is 0 Å². The van der Waals surface area contributed by atoms with Crippen molar-refractivity contribution in [3.8, 4) is 11.1 Å². The summed E-state index contributed by atoms with van der Waals surface area (Å²) < 4.78 is 15.3. The average Bonchev–Trinajstić information content (AvgIpc) is 3.79. The fourth-order valence-corrected chi connectivity index (χ4v) is 8.02. The Bertz CT molecular complexity index is 2770. The van der Waals surface area contributed by atoms with Gasteiger partial charge in [-0.05, 0) is 90.0 Å². The molecule has 7 aromatic carbocycles. The zero-order valence-electron chi connectivity index (χ0n) is 24.6. The number of thiophene rings is 1. The van der Waals surface area contributed by atoms with Crippen molar-refractivity contribution in [2.75, 3.05) is 4.90 Å². The van der Waals surface area contributed by atoms with Gasteiger partial charge in [0.25, 0.3) is 0 Å². The van der Waals surface area contributed by atoms with Gasteiger partial charge in [0.05, 0.1) is 11.1 Å². The fourth-order valence-electron chi connectivity index (χ4n) is 6.94. The van der Waals surface area contributed by atoms with E-state index in [1.54, 1.807) is 0 Å². The number of benzene rings is 7. The lowest BCUT2D eigenvalue weighted by Crippen LogP contribution is -2.10. The van der Waals surface area contributed by atoms with Crippen LogP contribution < -0.4 is 4.90 Å². The molecule has 216 valence electrons. The first kappa shape index (κ1) is 25.5. The van der Waals surface area contributed by atoms with Crippen LogP contribution in [0.25, 0.3) is 75.2 Å². The van der Waals surface area contributed by atoms with Crippen LogP contribution in [0.15, 0.2) is 160 Å². The zero-order chi connectivity index (χ0) is 30.2. The number of anilines is 3. The number of hydrogen-bond acceptors (Lipinski definition) is 4. The van der Waals surface area contributed by atoms with E-state index in [0.29, 0.717) is 0 Å². The summed E-state index contributed by atoms with van der Waals surface area (Å²) in [6.07, 6.45) is 0. The van der Waals surface area contributed by atoms with Crippen LogP contribution in [-0.2, 0) is 0 Å². The summed E-state index contributed by atoms with van der Waals surface area (Å²) >= 11 is 1.85. The molecule has 0 N–H and O–H groups in total. The van der Waals surface area contributed by atoms with Crippen LogP contribution >= 0.6 is 11.3 Å². The molecule has 46 heavy (non-hydrogen) atoms. The number of fused-ring (bicyclic) bond motifs is 9. The molecule has 0 unspecified atom stereocenters.